The van der Waals surface area contributed by atoms with Gasteiger partial charge in [0.05, 0.1) is 0 Å². The van der Waals surface area contributed by atoms with Crippen molar-refractivity contribution in [2.45, 2.75) is 39.7 Å². The van der Waals surface area contributed by atoms with Crippen LogP contribution in [-0.2, 0) is 16.1 Å². The Morgan fingerprint density at radius 1 is 1.00 bits per heavy atom. The minimum atomic E-state index is -0.186. The molecule has 5 nitrogen and oxygen atoms in total. The predicted molar refractivity (Wildman–Crippen MR) is 113 cm³/mol. The Labute approximate surface area is 167 Å². The van der Waals surface area contributed by atoms with E-state index < -0.39 is 0 Å². The van der Waals surface area contributed by atoms with Gasteiger partial charge >= 0.3 is 0 Å². The van der Waals surface area contributed by atoms with E-state index in [0.29, 0.717) is 6.54 Å². The molecule has 28 heavy (non-hydrogen) atoms. The molecule has 1 aliphatic rings. The van der Waals surface area contributed by atoms with Crippen molar-refractivity contribution in [1.82, 2.24) is 4.90 Å². The Kier molecular flexibility index (Phi) is 6.69. The maximum Gasteiger partial charge on any atom is 0.244 e. The Bertz CT molecular complexity index is 811. The number of carbonyl (C=O) groups excluding carboxylic acids is 2. The molecule has 1 fully saturated rings. The topological polar surface area (TPSA) is 52.7 Å². The summed E-state index contributed by atoms with van der Waals surface area (Å²) < 4.78 is 0. The van der Waals surface area contributed by atoms with Crippen LogP contribution in [0.3, 0.4) is 0 Å². The maximum absolute atomic E-state index is 12.5. The second-order valence-electron chi connectivity index (χ2n) is 7.44. The monoisotopic (exact) mass is 379 g/mol. The van der Waals surface area contributed by atoms with Crippen molar-refractivity contribution in [3.8, 4) is 0 Å². The lowest BCUT2D eigenvalue weighted by Gasteiger charge is -2.28. The molecule has 0 bridgehead atoms. The molecule has 1 aliphatic heterocycles. The molecule has 3 rings (SSSR count). The zero-order valence-corrected chi connectivity index (χ0v) is 16.8. The summed E-state index contributed by atoms with van der Waals surface area (Å²) in [7, 11) is 0. The Hall–Kier alpha value is -2.82. The molecule has 5 heteroatoms. The van der Waals surface area contributed by atoms with E-state index >= 15 is 0 Å². The Morgan fingerprint density at radius 2 is 1.68 bits per heavy atom. The summed E-state index contributed by atoms with van der Waals surface area (Å²) in [4.78, 5) is 28.4. The molecule has 1 N–H and O–H groups in total. The molecule has 148 valence electrons. The average molecular weight is 380 g/mol. The fourth-order valence-electron chi connectivity index (χ4n) is 3.55. The lowest BCUT2D eigenvalue weighted by atomic mass is 10.1. The fourth-order valence-corrected chi connectivity index (χ4v) is 3.55. The summed E-state index contributed by atoms with van der Waals surface area (Å²) in [6.07, 6.45) is 3.78. The Balaban J connectivity index is 1.58. The number of hydrogen-bond donors (Lipinski definition) is 1. The van der Waals surface area contributed by atoms with Gasteiger partial charge in [0.1, 0.15) is 6.54 Å². The van der Waals surface area contributed by atoms with Gasteiger partial charge in [-0.1, -0.05) is 24.3 Å². The lowest BCUT2D eigenvalue weighted by Crippen LogP contribution is -2.36. The number of hydrogen-bond acceptors (Lipinski definition) is 3. The molecular formula is C23H29N3O2. The summed E-state index contributed by atoms with van der Waals surface area (Å²) >= 11 is 0. The molecule has 1 heterocycles. The van der Waals surface area contributed by atoms with Crippen molar-refractivity contribution in [3.63, 3.8) is 0 Å². The number of benzene rings is 2. The van der Waals surface area contributed by atoms with Crippen LogP contribution in [0.5, 0.6) is 0 Å². The second-order valence-corrected chi connectivity index (χ2v) is 7.44. The van der Waals surface area contributed by atoms with Crippen LogP contribution >= 0.6 is 0 Å². The largest absolute Gasteiger partial charge is 0.372 e. The van der Waals surface area contributed by atoms with Crippen molar-refractivity contribution in [2.24, 2.45) is 0 Å². The smallest absolute Gasteiger partial charge is 0.244 e. The third-order valence-electron chi connectivity index (χ3n) is 5.27. The van der Waals surface area contributed by atoms with Crippen molar-refractivity contribution in [2.75, 3.05) is 29.9 Å². The van der Waals surface area contributed by atoms with Crippen LogP contribution in [0.1, 0.15) is 37.3 Å². The fraction of sp³-hybridized carbons (Fsp3) is 0.391. The summed E-state index contributed by atoms with van der Waals surface area (Å²) in [5.41, 5.74) is 4.12. The van der Waals surface area contributed by atoms with Crippen LogP contribution < -0.4 is 10.2 Å². The minimum absolute atomic E-state index is 0.0392. The number of nitrogens with one attached hydrogen (secondary N) is 1. The van der Waals surface area contributed by atoms with Crippen LogP contribution in [0.15, 0.2) is 48.5 Å². The highest BCUT2D eigenvalue weighted by Gasteiger charge is 2.16. The van der Waals surface area contributed by atoms with E-state index in [0.717, 1.165) is 29.9 Å². The van der Waals surface area contributed by atoms with E-state index in [-0.39, 0.29) is 18.4 Å². The molecule has 0 radical (unpaired) electrons. The third-order valence-corrected chi connectivity index (χ3v) is 5.27. The van der Waals surface area contributed by atoms with Gasteiger partial charge in [-0.05, 0) is 61.6 Å². The number of carbonyl (C=O) groups is 2. The second kappa shape index (κ2) is 9.40. The first-order valence-corrected chi connectivity index (χ1v) is 9.98. The predicted octanol–water partition coefficient (Wildman–Crippen LogP) is 3.97. The van der Waals surface area contributed by atoms with Crippen LogP contribution in [0.4, 0.5) is 11.4 Å². The number of piperidine rings is 1. The number of nitrogens with zero attached hydrogens (tertiary/aromatic N) is 2. The average Bonchev–Trinajstić information content (AvgIpc) is 2.70. The highest BCUT2D eigenvalue weighted by atomic mass is 16.2. The first kappa shape index (κ1) is 19.9. The molecule has 0 aliphatic carbocycles. The normalized spacial score (nSPS) is 13.9. The molecular weight excluding hydrogens is 350 g/mol. The lowest BCUT2D eigenvalue weighted by molar-refractivity contribution is -0.133. The number of anilines is 2. The van der Waals surface area contributed by atoms with E-state index in [2.05, 4.69) is 22.3 Å². The minimum Gasteiger partial charge on any atom is -0.372 e. The summed E-state index contributed by atoms with van der Waals surface area (Å²) in [6.45, 7) is 6.17. The van der Waals surface area contributed by atoms with Crippen LogP contribution in [0.25, 0.3) is 0 Å². The van der Waals surface area contributed by atoms with Crippen molar-refractivity contribution < 1.29 is 9.59 Å². The van der Waals surface area contributed by atoms with Gasteiger partial charge in [0.2, 0.25) is 11.8 Å². The molecule has 0 spiro atoms. The standard InChI is InChI=1S/C23H29N3O2/c1-18-8-4-5-9-20(18)16-26(19(2)27)17-23(28)24-21-10-12-22(13-11-21)25-14-6-3-7-15-25/h4-5,8-13H,3,6-7,14-17H2,1-2H3,(H,24,28). The van der Waals surface area contributed by atoms with Gasteiger partial charge in [0, 0.05) is 37.9 Å². The van der Waals surface area contributed by atoms with Crippen LogP contribution in [0, 0.1) is 6.92 Å². The SMILES string of the molecule is CC(=O)N(CC(=O)Nc1ccc(N2CCCCC2)cc1)Cc1ccccc1C. The zero-order valence-electron chi connectivity index (χ0n) is 16.8. The molecule has 2 amide bonds. The number of amides is 2. The molecule has 2 aromatic rings. The van der Waals surface area contributed by atoms with Crippen molar-refractivity contribution >= 4 is 23.2 Å². The molecule has 0 saturated carbocycles. The molecule has 0 atom stereocenters. The number of rotatable bonds is 6. The van der Waals surface area contributed by atoms with Gasteiger partial charge in [-0.2, -0.15) is 0 Å². The van der Waals surface area contributed by atoms with Gasteiger partial charge in [-0.25, -0.2) is 0 Å². The van der Waals surface area contributed by atoms with E-state index in [1.807, 2.05) is 43.3 Å². The maximum atomic E-state index is 12.5. The van der Waals surface area contributed by atoms with Crippen molar-refractivity contribution in [1.29, 1.82) is 0 Å². The van der Waals surface area contributed by atoms with Crippen LogP contribution in [0.2, 0.25) is 0 Å². The first-order valence-electron chi connectivity index (χ1n) is 9.98. The summed E-state index contributed by atoms with van der Waals surface area (Å²) in [6, 6.07) is 15.9. The molecule has 0 unspecified atom stereocenters. The van der Waals surface area contributed by atoms with Crippen LogP contribution in [-0.4, -0.2) is 36.3 Å². The van der Waals surface area contributed by atoms with Gasteiger partial charge in [0.25, 0.3) is 0 Å². The van der Waals surface area contributed by atoms with Gasteiger partial charge in [-0.3, -0.25) is 9.59 Å². The summed E-state index contributed by atoms with van der Waals surface area (Å²) in [5, 5.41) is 2.91. The highest BCUT2D eigenvalue weighted by Crippen LogP contribution is 2.22. The van der Waals surface area contributed by atoms with Gasteiger partial charge < -0.3 is 15.1 Å². The zero-order chi connectivity index (χ0) is 19.9. The quantitative estimate of drug-likeness (QED) is 0.826. The van der Waals surface area contributed by atoms with Gasteiger partial charge in [0.15, 0.2) is 0 Å². The van der Waals surface area contributed by atoms with Gasteiger partial charge in [-0.15, -0.1) is 0 Å². The van der Waals surface area contributed by atoms with Crippen molar-refractivity contribution in [3.05, 3.63) is 59.7 Å². The van der Waals surface area contributed by atoms with E-state index in [4.69, 9.17) is 0 Å². The highest BCUT2D eigenvalue weighted by molar-refractivity contribution is 5.94. The summed E-state index contributed by atoms with van der Waals surface area (Å²) in [5.74, 6) is -0.298. The van der Waals surface area contributed by atoms with E-state index in [1.165, 1.54) is 31.9 Å². The molecule has 1 saturated heterocycles. The molecule has 0 aromatic heterocycles. The first-order chi connectivity index (χ1) is 13.5. The van der Waals surface area contributed by atoms with E-state index in [1.54, 1.807) is 4.90 Å². The number of aryl methyl sites for hydroxylation is 1. The Morgan fingerprint density at radius 3 is 2.32 bits per heavy atom. The molecule has 2 aromatic carbocycles. The third kappa shape index (κ3) is 5.35. The van der Waals surface area contributed by atoms with E-state index in [9.17, 15) is 9.59 Å².